The molecule has 1 aliphatic rings. The zero-order chi connectivity index (χ0) is 14.9. The minimum Gasteiger partial charge on any atom is -0.382 e. The number of rotatable bonds is 2. The van der Waals surface area contributed by atoms with E-state index < -0.39 is 0 Å². The minimum atomic E-state index is 0.613. The van der Waals surface area contributed by atoms with Gasteiger partial charge in [0, 0.05) is 16.8 Å². The van der Waals surface area contributed by atoms with Crippen LogP contribution in [0.2, 0.25) is 5.02 Å². The second kappa shape index (κ2) is 9.35. The number of hydrogen-bond acceptors (Lipinski definition) is 1. The summed E-state index contributed by atoms with van der Waals surface area (Å²) in [6.07, 6.45) is 15.3. The lowest BCUT2D eigenvalue weighted by Gasteiger charge is -2.22. The van der Waals surface area contributed by atoms with E-state index in [1.807, 2.05) is 12.1 Å². The number of halogens is 1. The van der Waals surface area contributed by atoms with E-state index in [0.29, 0.717) is 6.04 Å². The lowest BCUT2D eigenvalue weighted by Crippen LogP contribution is -2.20. The van der Waals surface area contributed by atoms with Crippen LogP contribution in [0.25, 0.3) is 0 Å². The number of anilines is 1. The molecule has 0 radical (unpaired) electrons. The van der Waals surface area contributed by atoms with Crippen LogP contribution in [0.1, 0.15) is 76.2 Å². The minimum absolute atomic E-state index is 0.613. The van der Waals surface area contributed by atoms with Gasteiger partial charge in [-0.2, -0.15) is 0 Å². The maximum Gasteiger partial charge on any atom is 0.0455 e. The van der Waals surface area contributed by atoms with Crippen LogP contribution in [0, 0.1) is 6.92 Å². The number of nitrogens with one attached hydrogen (secondary N) is 1. The normalized spacial score (nSPS) is 19.5. The molecule has 1 nitrogen and oxygen atoms in total. The molecule has 1 aromatic rings. The summed E-state index contributed by atoms with van der Waals surface area (Å²) in [7, 11) is 0. The van der Waals surface area contributed by atoms with Gasteiger partial charge in [0.05, 0.1) is 0 Å². The van der Waals surface area contributed by atoms with E-state index in [1.54, 1.807) is 0 Å². The maximum atomic E-state index is 6.24. The van der Waals surface area contributed by atoms with Crippen LogP contribution in [-0.4, -0.2) is 6.04 Å². The third kappa shape index (κ3) is 5.90. The van der Waals surface area contributed by atoms with Gasteiger partial charge in [0.25, 0.3) is 0 Å². The van der Waals surface area contributed by atoms with Crippen molar-refractivity contribution in [3.63, 3.8) is 0 Å². The van der Waals surface area contributed by atoms with Crippen LogP contribution in [0.4, 0.5) is 5.69 Å². The lowest BCUT2D eigenvalue weighted by atomic mass is 9.97. The van der Waals surface area contributed by atoms with Crippen molar-refractivity contribution in [3.8, 4) is 0 Å². The summed E-state index contributed by atoms with van der Waals surface area (Å²) in [5, 5.41) is 4.63. The molecule has 0 spiro atoms. The number of benzene rings is 1. The molecule has 1 saturated carbocycles. The van der Waals surface area contributed by atoms with E-state index in [1.165, 1.54) is 81.9 Å². The fourth-order valence-corrected chi connectivity index (χ4v) is 3.47. The second-order valence-electron chi connectivity index (χ2n) is 6.51. The Morgan fingerprint density at radius 2 is 1.38 bits per heavy atom. The molecule has 0 aromatic heterocycles. The molecular weight excluding hydrogens is 278 g/mol. The van der Waals surface area contributed by atoms with Gasteiger partial charge in [-0.3, -0.25) is 0 Å². The first-order valence-corrected chi connectivity index (χ1v) is 9.17. The summed E-state index contributed by atoms with van der Waals surface area (Å²) in [6, 6.07) is 6.80. The van der Waals surface area contributed by atoms with Gasteiger partial charge >= 0.3 is 0 Å². The summed E-state index contributed by atoms with van der Waals surface area (Å²) < 4.78 is 0. The van der Waals surface area contributed by atoms with Crippen LogP contribution in [-0.2, 0) is 0 Å². The monoisotopic (exact) mass is 307 g/mol. The van der Waals surface area contributed by atoms with Crippen LogP contribution in [0.15, 0.2) is 18.2 Å². The molecule has 2 rings (SSSR count). The molecule has 0 atom stereocenters. The van der Waals surface area contributed by atoms with E-state index in [0.717, 1.165) is 5.02 Å². The van der Waals surface area contributed by atoms with Gasteiger partial charge in [-0.05, 0) is 37.5 Å². The van der Waals surface area contributed by atoms with Crippen molar-refractivity contribution in [3.05, 3.63) is 28.8 Å². The van der Waals surface area contributed by atoms with Crippen molar-refractivity contribution in [2.75, 3.05) is 5.32 Å². The second-order valence-corrected chi connectivity index (χ2v) is 6.92. The predicted molar refractivity (Wildman–Crippen MR) is 94.4 cm³/mol. The lowest BCUT2D eigenvalue weighted by molar-refractivity contribution is 0.480. The van der Waals surface area contributed by atoms with Crippen molar-refractivity contribution in [1.29, 1.82) is 0 Å². The Bertz CT molecular complexity index is 404. The molecule has 0 aliphatic heterocycles. The van der Waals surface area contributed by atoms with Gasteiger partial charge in [-0.15, -0.1) is 0 Å². The highest BCUT2D eigenvalue weighted by Crippen LogP contribution is 2.26. The largest absolute Gasteiger partial charge is 0.382 e. The molecular formula is C19H30ClN. The highest BCUT2D eigenvalue weighted by Gasteiger charge is 2.11. The summed E-state index contributed by atoms with van der Waals surface area (Å²) >= 11 is 6.24. The van der Waals surface area contributed by atoms with E-state index in [-0.39, 0.29) is 0 Å². The first-order chi connectivity index (χ1) is 10.3. The summed E-state index contributed by atoms with van der Waals surface area (Å²) in [6.45, 7) is 2.11. The molecule has 0 heterocycles. The first kappa shape index (κ1) is 16.7. The van der Waals surface area contributed by atoms with Crippen molar-refractivity contribution < 1.29 is 0 Å². The smallest absolute Gasteiger partial charge is 0.0455 e. The van der Waals surface area contributed by atoms with Crippen LogP contribution in [0.3, 0.4) is 0 Å². The molecule has 1 fully saturated rings. The topological polar surface area (TPSA) is 12.0 Å². The predicted octanol–water partition coefficient (Wildman–Crippen LogP) is 6.73. The standard InChI is InChI=1S/C19H30ClN/c1-16-18(20)14-11-15-19(16)21-17-12-9-7-5-3-2-4-6-8-10-13-17/h11,14-15,17,21H,2-10,12-13H2,1H3. The van der Waals surface area contributed by atoms with Gasteiger partial charge in [0.15, 0.2) is 0 Å². The highest BCUT2D eigenvalue weighted by molar-refractivity contribution is 6.31. The Morgan fingerprint density at radius 3 is 1.95 bits per heavy atom. The Hall–Kier alpha value is -0.690. The van der Waals surface area contributed by atoms with Gasteiger partial charge < -0.3 is 5.32 Å². The Labute approximate surface area is 135 Å². The Kier molecular flexibility index (Phi) is 7.43. The molecule has 2 heteroatoms. The van der Waals surface area contributed by atoms with Crippen molar-refractivity contribution in [2.24, 2.45) is 0 Å². The van der Waals surface area contributed by atoms with Crippen molar-refractivity contribution in [2.45, 2.75) is 83.6 Å². The van der Waals surface area contributed by atoms with E-state index >= 15 is 0 Å². The summed E-state index contributed by atoms with van der Waals surface area (Å²) in [4.78, 5) is 0. The van der Waals surface area contributed by atoms with Crippen LogP contribution in [0.5, 0.6) is 0 Å². The first-order valence-electron chi connectivity index (χ1n) is 8.79. The fourth-order valence-electron chi connectivity index (χ4n) is 3.29. The molecule has 0 bridgehead atoms. The van der Waals surface area contributed by atoms with Crippen LogP contribution < -0.4 is 5.32 Å². The van der Waals surface area contributed by atoms with E-state index in [9.17, 15) is 0 Å². The number of hydrogen-bond donors (Lipinski definition) is 1. The Balaban J connectivity index is 1.92. The zero-order valence-electron chi connectivity index (χ0n) is 13.5. The fraction of sp³-hybridized carbons (Fsp3) is 0.684. The summed E-state index contributed by atoms with van der Waals surface area (Å²) in [5.74, 6) is 0. The SMILES string of the molecule is Cc1c(Cl)cccc1NC1CCCCCCCCCCC1. The molecule has 118 valence electrons. The van der Waals surface area contributed by atoms with Crippen molar-refractivity contribution >= 4 is 17.3 Å². The van der Waals surface area contributed by atoms with Gasteiger partial charge in [-0.25, -0.2) is 0 Å². The van der Waals surface area contributed by atoms with Crippen molar-refractivity contribution in [1.82, 2.24) is 0 Å². The molecule has 0 saturated heterocycles. The van der Waals surface area contributed by atoms with Gasteiger partial charge in [0.2, 0.25) is 0 Å². The summed E-state index contributed by atoms with van der Waals surface area (Å²) in [5.41, 5.74) is 2.41. The van der Waals surface area contributed by atoms with E-state index in [4.69, 9.17) is 11.6 Å². The average Bonchev–Trinajstić information content (AvgIpc) is 2.46. The van der Waals surface area contributed by atoms with Crippen LogP contribution >= 0.6 is 11.6 Å². The third-order valence-electron chi connectivity index (χ3n) is 4.73. The quantitative estimate of drug-likeness (QED) is 0.638. The highest BCUT2D eigenvalue weighted by atomic mass is 35.5. The Morgan fingerprint density at radius 1 is 0.857 bits per heavy atom. The van der Waals surface area contributed by atoms with E-state index in [2.05, 4.69) is 18.3 Å². The average molecular weight is 308 g/mol. The molecule has 21 heavy (non-hydrogen) atoms. The molecule has 0 unspecified atom stereocenters. The van der Waals surface area contributed by atoms with Gasteiger partial charge in [0.1, 0.15) is 0 Å². The molecule has 0 amide bonds. The molecule has 1 N–H and O–H groups in total. The van der Waals surface area contributed by atoms with Gasteiger partial charge in [-0.1, -0.05) is 75.5 Å². The molecule has 1 aromatic carbocycles. The maximum absolute atomic E-state index is 6.24. The molecule has 1 aliphatic carbocycles. The third-order valence-corrected chi connectivity index (χ3v) is 5.14. The zero-order valence-corrected chi connectivity index (χ0v) is 14.2.